The molecule has 0 amide bonds. The second-order valence-electron chi connectivity index (χ2n) is 10.8. The van der Waals surface area contributed by atoms with Crippen LogP contribution in [-0.2, 0) is 0 Å². The Bertz CT molecular complexity index is 2010. The van der Waals surface area contributed by atoms with Gasteiger partial charge in [0.1, 0.15) is 0 Å². The van der Waals surface area contributed by atoms with E-state index in [9.17, 15) is 0 Å². The SMILES string of the molecule is Brc1ccc2cc(/C=C(/c3ccc(N(c4ccccc4)c4ccccc4)cc3)c3cccc(-c4ccccc4)c3)ccc2c1. The van der Waals surface area contributed by atoms with Gasteiger partial charge in [0, 0.05) is 21.5 Å². The maximum absolute atomic E-state index is 3.61. The fourth-order valence-corrected chi connectivity index (χ4v) is 6.09. The number of anilines is 3. The molecular weight excluding hydrogens is 598 g/mol. The second kappa shape index (κ2) is 12.6. The molecule has 0 unspecified atom stereocenters. The van der Waals surface area contributed by atoms with Gasteiger partial charge in [-0.15, -0.1) is 0 Å². The van der Waals surface area contributed by atoms with E-state index in [-0.39, 0.29) is 0 Å². The number of halogens is 1. The number of para-hydroxylation sites is 2. The molecule has 0 saturated carbocycles. The summed E-state index contributed by atoms with van der Waals surface area (Å²) in [6.45, 7) is 0. The smallest absolute Gasteiger partial charge is 0.0462 e. The highest BCUT2D eigenvalue weighted by molar-refractivity contribution is 9.10. The number of nitrogens with zero attached hydrogens (tertiary/aromatic N) is 1. The summed E-state index contributed by atoms with van der Waals surface area (Å²) in [5.74, 6) is 0. The molecule has 210 valence electrons. The van der Waals surface area contributed by atoms with Gasteiger partial charge in [-0.3, -0.25) is 0 Å². The van der Waals surface area contributed by atoms with Crippen LogP contribution in [0.3, 0.4) is 0 Å². The molecule has 0 radical (unpaired) electrons. The molecule has 1 nitrogen and oxygen atoms in total. The first kappa shape index (κ1) is 27.6. The van der Waals surface area contributed by atoms with E-state index in [1.54, 1.807) is 0 Å². The van der Waals surface area contributed by atoms with Crippen LogP contribution in [0.4, 0.5) is 17.1 Å². The largest absolute Gasteiger partial charge is 0.311 e. The van der Waals surface area contributed by atoms with E-state index in [1.807, 2.05) is 0 Å². The summed E-state index contributed by atoms with van der Waals surface area (Å²) in [6.07, 6.45) is 2.31. The van der Waals surface area contributed by atoms with Crippen molar-refractivity contribution in [2.75, 3.05) is 4.90 Å². The lowest BCUT2D eigenvalue weighted by Crippen LogP contribution is -2.09. The summed E-state index contributed by atoms with van der Waals surface area (Å²) in [6, 6.07) is 62.5. The molecule has 0 aliphatic heterocycles. The summed E-state index contributed by atoms with van der Waals surface area (Å²) >= 11 is 3.61. The third-order valence-corrected chi connectivity index (χ3v) is 8.38. The molecule has 0 aliphatic carbocycles. The van der Waals surface area contributed by atoms with Crippen molar-refractivity contribution in [3.05, 3.63) is 197 Å². The highest BCUT2D eigenvalue weighted by atomic mass is 79.9. The van der Waals surface area contributed by atoms with Gasteiger partial charge in [-0.05, 0) is 111 Å². The van der Waals surface area contributed by atoms with Gasteiger partial charge >= 0.3 is 0 Å². The molecule has 0 heterocycles. The molecule has 0 spiro atoms. The Hall–Kier alpha value is -5.18. The fourth-order valence-electron chi connectivity index (χ4n) is 5.71. The molecule has 7 rings (SSSR count). The Balaban J connectivity index is 1.34. The number of fused-ring (bicyclic) bond motifs is 1. The number of benzene rings is 7. The van der Waals surface area contributed by atoms with Crippen LogP contribution >= 0.6 is 15.9 Å². The average molecular weight is 629 g/mol. The predicted octanol–water partition coefficient (Wildman–Crippen LogP) is 12.3. The van der Waals surface area contributed by atoms with Crippen molar-refractivity contribution in [2.45, 2.75) is 0 Å². The maximum atomic E-state index is 3.61. The predicted molar refractivity (Wildman–Crippen MR) is 192 cm³/mol. The zero-order valence-electron chi connectivity index (χ0n) is 24.1. The first-order chi connectivity index (χ1) is 21.7. The summed E-state index contributed by atoms with van der Waals surface area (Å²) in [5.41, 5.74) is 10.5. The molecule has 0 N–H and O–H groups in total. The molecule has 0 saturated heterocycles. The summed E-state index contributed by atoms with van der Waals surface area (Å²) < 4.78 is 1.09. The molecule has 0 fully saturated rings. The Morgan fingerprint density at radius 3 is 1.68 bits per heavy atom. The molecule has 2 heteroatoms. The number of rotatable bonds is 7. The lowest BCUT2D eigenvalue weighted by atomic mass is 9.92. The van der Waals surface area contributed by atoms with Gasteiger partial charge in [-0.25, -0.2) is 0 Å². The molecule has 0 aromatic heterocycles. The molecular formula is C42H30BrN. The summed E-state index contributed by atoms with van der Waals surface area (Å²) in [5, 5.41) is 2.44. The Morgan fingerprint density at radius 2 is 1.00 bits per heavy atom. The molecule has 7 aromatic carbocycles. The highest BCUT2D eigenvalue weighted by Gasteiger charge is 2.14. The number of hydrogen-bond donors (Lipinski definition) is 0. The zero-order chi connectivity index (χ0) is 29.7. The summed E-state index contributed by atoms with van der Waals surface area (Å²) in [7, 11) is 0. The van der Waals surface area contributed by atoms with Crippen molar-refractivity contribution in [3.63, 3.8) is 0 Å². The van der Waals surface area contributed by atoms with Crippen LogP contribution < -0.4 is 4.90 Å². The Morgan fingerprint density at radius 1 is 0.432 bits per heavy atom. The molecule has 0 aliphatic rings. The minimum absolute atomic E-state index is 1.09. The van der Waals surface area contributed by atoms with Gasteiger partial charge < -0.3 is 4.90 Å². The average Bonchev–Trinajstić information content (AvgIpc) is 3.09. The monoisotopic (exact) mass is 627 g/mol. The fraction of sp³-hybridized carbons (Fsp3) is 0. The number of hydrogen-bond acceptors (Lipinski definition) is 1. The van der Waals surface area contributed by atoms with Gasteiger partial charge in [0.2, 0.25) is 0 Å². The molecule has 0 bridgehead atoms. The highest BCUT2D eigenvalue weighted by Crippen LogP contribution is 2.36. The molecule has 7 aromatic rings. The minimum Gasteiger partial charge on any atom is -0.311 e. The van der Waals surface area contributed by atoms with E-state index >= 15 is 0 Å². The van der Waals surface area contributed by atoms with Crippen LogP contribution in [0.1, 0.15) is 16.7 Å². The van der Waals surface area contributed by atoms with Crippen LogP contribution in [0, 0.1) is 0 Å². The van der Waals surface area contributed by atoms with E-state index in [1.165, 1.54) is 38.6 Å². The van der Waals surface area contributed by atoms with Crippen LogP contribution in [0.25, 0.3) is 33.5 Å². The van der Waals surface area contributed by atoms with Crippen LogP contribution in [0.5, 0.6) is 0 Å². The van der Waals surface area contributed by atoms with Gasteiger partial charge in [0.15, 0.2) is 0 Å². The van der Waals surface area contributed by atoms with E-state index in [4.69, 9.17) is 0 Å². The topological polar surface area (TPSA) is 3.24 Å². The Labute approximate surface area is 267 Å². The van der Waals surface area contributed by atoms with Crippen molar-refractivity contribution < 1.29 is 0 Å². The van der Waals surface area contributed by atoms with Crippen molar-refractivity contribution in [1.82, 2.24) is 0 Å². The standard InChI is InChI=1S/C42H30BrN/c43-38-24-21-35-27-31(19-20-36(35)30-38)28-42(37-14-10-13-34(29-37)32-11-4-1-5-12-32)33-22-25-41(26-23-33)44(39-15-6-2-7-16-39)40-17-8-3-9-18-40/h1-30H/b42-28-. The van der Waals surface area contributed by atoms with Gasteiger partial charge in [-0.1, -0.05) is 131 Å². The molecule has 0 atom stereocenters. The van der Waals surface area contributed by atoms with Crippen molar-refractivity contribution in [1.29, 1.82) is 0 Å². The Kier molecular flexibility index (Phi) is 7.91. The van der Waals surface area contributed by atoms with Crippen LogP contribution in [-0.4, -0.2) is 0 Å². The van der Waals surface area contributed by atoms with Crippen molar-refractivity contribution in [2.24, 2.45) is 0 Å². The third-order valence-electron chi connectivity index (χ3n) is 7.88. The first-order valence-corrected chi connectivity index (χ1v) is 15.6. The van der Waals surface area contributed by atoms with E-state index in [0.717, 1.165) is 27.1 Å². The molecule has 44 heavy (non-hydrogen) atoms. The summed E-state index contributed by atoms with van der Waals surface area (Å²) in [4.78, 5) is 2.30. The van der Waals surface area contributed by atoms with Gasteiger partial charge in [0.05, 0.1) is 0 Å². The van der Waals surface area contributed by atoms with Gasteiger partial charge in [0.25, 0.3) is 0 Å². The van der Waals surface area contributed by atoms with Crippen molar-refractivity contribution in [3.8, 4) is 11.1 Å². The zero-order valence-corrected chi connectivity index (χ0v) is 25.7. The maximum Gasteiger partial charge on any atom is 0.0462 e. The minimum atomic E-state index is 1.09. The van der Waals surface area contributed by atoms with E-state index in [0.29, 0.717) is 0 Å². The van der Waals surface area contributed by atoms with E-state index < -0.39 is 0 Å². The normalized spacial score (nSPS) is 11.4. The lowest BCUT2D eigenvalue weighted by molar-refractivity contribution is 1.28. The quantitative estimate of drug-likeness (QED) is 0.159. The third kappa shape index (κ3) is 5.99. The van der Waals surface area contributed by atoms with Crippen LogP contribution in [0.2, 0.25) is 0 Å². The van der Waals surface area contributed by atoms with E-state index in [2.05, 4.69) is 203 Å². The van der Waals surface area contributed by atoms with Crippen molar-refractivity contribution >= 4 is 55.4 Å². The first-order valence-electron chi connectivity index (χ1n) is 14.8. The van der Waals surface area contributed by atoms with Crippen LogP contribution in [0.15, 0.2) is 180 Å². The lowest BCUT2D eigenvalue weighted by Gasteiger charge is -2.25. The second-order valence-corrected chi connectivity index (χ2v) is 11.7. The van der Waals surface area contributed by atoms with Gasteiger partial charge in [-0.2, -0.15) is 0 Å².